The second kappa shape index (κ2) is 9.46. The van der Waals surface area contributed by atoms with E-state index in [9.17, 15) is 4.79 Å². The Morgan fingerprint density at radius 3 is 1.58 bits per heavy atom. The van der Waals surface area contributed by atoms with Crippen molar-refractivity contribution in [3.8, 4) is 0 Å². The molecule has 8 heteroatoms. The standard InChI is InChI=1S/C23H27Cl4N3O/c1-3-22(28,15-8-10-17(24)19(26)12-15)30(21(31)14-6-5-7-14)23(29,4-2)16-9-11-18(25)20(27)13-16/h8-14H,3-7,28-29H2,1-2H3. The van der Waals surface area contributed by atoms with Crippen molar-refractivity contribution < 1.29 is 4.79 Å². The molecule has 1 aliphatic rings. The van der Waals surface area contributed by atoms with Crippen molar-refractivity contribution >= 4 is 52.3 Å². The Balaban J connectivity index is 2.23. The lowest BCUT2D eigenvalue weighted by Crippen LogP contribution is -2.68. The summed E-state index contributed by atoms with van der Waals surface area (Å²) in [7, 11) is 0. The minimum Gasteiger partial charge on any atom is -0.305 e. The van der Waals surface area contributed by atoms with Crippen molar-refractivity contribution in [2.75, 3.05) is 0 Å². The zero-order chi connectivity index (χ0) is 23.0. The number of amides is 1. The van der Waals surface area contributed by atoms with Crippen molar-refractivity contribution in [2.45, 2.75) is 57.3 Å². The smallest absolute Gasteiger partial charge is 0.229 e. The Bertz CT molecular complexity index is 916. The monoisotopic (exact) mass is 501 g/mol. The first-order valence-electron chi connectivity index (χ1n) is 10.4. The van der Waals surface area contributed by atoms with Crippen molar-refractivity contribution in [1.29, 1.82) is 0 Å². The summed E-state index contributed by atoms with van der Waals surface area (Å²) < 4.78 is 0. The summed E-state index contributed by atoms with van der Waals surface area (Å²) in [5, 5.41) is 1.57. The molecule has 1 aliphatic carbocycles. The minimum atomic E-state index is -1.21. The third kappa shape index (κ3) is 4.44. The first-order valence-corrected chi connectivity index (χ1v) is 11.9. The molecule has 0 aromatic heterocycles. The largest absolute Gasteiger partial charge is 0.305 e. The average molecular weight is 503 g/mol. The highest BCUT2D eigenvalue weighted by molar-refractivity contribution is 6.42. The molecular weight excluding hydrogens is 476 g/mol. The van der Waals surface area contributed by atoms with Crippen molar-refractivity contribution in [1.82, 2.24) is 4.90 Å². The number of carbonyl (C=O) groups excluding carboxylic acids is 1. The quantitative estimate of drug-likeness (QED) is 0.415. The summed E-state index contributed by atoms with van der Waals surface area (Å²) in [6, 6.07) is 10.4. The number of nitrogens with zero attached hydrogens (tertiary/aromatic N) is 1. The number of hydrogen-bond donors (Lipinski definition) is 2. The summed E-state index contributed by atoms with van der Waals surface area (Å²) in [6.45, 7) is 3.85. The van der Waals surface area contributed by atoms with E-state index >= 15 is 0 Å². The fraction of sp³-hybridized carbons (Fsp3) is 0.435. The van der Waals surface area contributed by atoms with Crippen LogP contribution in [0.2, 0.25) is 20.1 Å². The molecule has 0 aliphatic heterocycles. The van der Waals surface area contributed by atoms with Gasteiger partial charge in [-0.25, -0.2) is 0 Å². The molecule has 168 valence electrons. The molecule has 2 aromatic rings. The van der Waals surface area contributed by atoms with E-state index in [1.54, 1.807) is 41.3 Å². The maximum Gasteiger partial charge on any atom is 0.229 e. The Morgan fingerprint density at radius 1 is 0.871 bits per heavy atom. The second-order valence-electron chi connectivity index (χ2n) is 8.11. The number of hydrogen-bond acceptors (Lipinski definition) is 3. The van der Waals surface area contributed by atoms with Crippen LogP contribution in [0.5, 0.6) is 0 Å². The van der Waals surface area contributed by atoms with Gasteiger partial charge in [-0.15, -0.1) is 0 Å². The lowest BCUT2D eigenvalue weighted by atomic mass is 9.80. The van der Waals surface area contributed by atoms with Crippen LogP contribution in [0.4, 0.5) is 0 Å². The van der Waals surface area contributed by atoms with E-state index in [1.807, 2.05) is 13.8 Å². The van der Waals surface area contributed by atoms with Crippen LogP contribution in [0, 0.1) is 5.92 Å². The molecule has 4 nitrogen and oxygen atoms in total. The highest BCUT2D eigenvalue weighted by Crippen LogP contribution is 2.43. The summed E-state index contributed by atoms with van der Waals surface area (Å²) in [5.74, 6) is -0.188. The van der Waals surface area contributed by atoms with Crippen LogP contribution in [-0.4, -0.2) is 10.8 Å². The van der Waals surface area contributed by atoms with E-state index in [1.165, 1.54) is 0 Å². The fourth-order valence-corrected chi connectivity index (χ4v) is 4.70. The molecule has 1 saturated carbocycles. The first-order chi connectivity index (χ1) is 14.6. The Labute approximate surface area is 203 Å². The predicted octanol–water partition coefficient (Wildman–Crippen LogP) is 6.67. The number of carbonyl (C=O) groups is 1. The molecule has 2 aromatic carbocycles. The van der Waals surface area contributed by atoms with Gasteiger partial charge in [-0.05, 0) is 61.1 Å². The van der Waals surface area contributed by atoms with Gasteiger partial charge in [0, 0.05) is 5.92 Å². The average Bonchev–Trinajstić information content (AvgIpc) is 2.70. The van der Waals surface area contributed by atoms with Gasteiger partial charge in [-0.1, -0.05) is 78.8 Å². The van der Waals surface area contributed by atoms with Gasteiger partial charge in [0.1, 0.15) is 11.3 Å². The maximum atomic E-state index is 13.8. The van der Waals surface area contributed by atoms with Gasteiger partial charge < -0.3 is 11.5 Å². The number of halogens is 4. The van der Waals surface area contributed by atoms with Crippen LogP contribution in [0.3, 0.4) is 0 Å². The number of nitrogens with two attached hydrogens (primary N) is 2. The highest BCUT2D eigenvalue weighted by Gasteiger charge is 2.50. The number of rotatable bonds is 7. The van der Waals surface area contributed by atoms with Crippen LogP contribution in [0.15, 0.2) is 36.4 Å². The van der Waals surface area contributed by atoms with E-state index in [4.69, 9.17) is 57.9 Å². The maximum absolute atomic E-state index is 13.8. The molecule has 1 fully saturated rings. The molecule has 3 rings (SSSR count). The van der Waals surface area contributed by atoms with E-state index in [2.05, 4.69) is 0 Å². The molecule has 0 heterocycles. The molecule has 1 amide bonds. The van der Waals surface area contributed by atoms with Crippen LogP contribution in [0.25, 0.3) is 0 Å². The van der Waals surface area contributed by atoms with Crippen molar-refractivity contribution in [3.63, 3.8) is 0 Å². The second-order valence-corrected chi connectivity index (χ2v) is 9.74. The topological polar surface area (TPSA) is 72.3 Å². The molecule has 0 bridgehead atoms. The molecule has 4 N–H and O–H groups in total. The lowest BCUT2D eigenvalue weighted by molar-refractivity contribution is -0.158. The van der Waals surface area contributed by atoms with Crippen LogP contribution in [0.1, 0.15) is 57.1 Å². The molecule has 2 atom stereocenters. The normalized spacial score (nSPS) is 18.1. The van der Waals surface area contributed by atoms with Crippen molar-refractivity contribution in [2.24, 2.45) is 17.4 Å². The SMILES string of the molecule is CCC(N)(c1ccc(Cl)c(Cl)c1)N(C(=O)C1CCC1)C(N)(CC)c1ccc(Cl)c(Cl)c1. The van der Waals surface area contributed by atoms with Gasteiger partial charge >= 0.3 is 0 Å². The van der Waals surface area contributed by atoms with E-state index < -0.39 is 11.3 Å². The van der Waals surface area contributed by atoms with E-state index in [-0.39, 0.29) is 11.8 Å². The van der Waals surface area contributed by atoms with Crippen LogP contribution >= 0.6 is 46.4 Å². The third-order valence-electron chi connectivity index (χ3n) is 6.39. The zero-order valence-electron chi connectivity index (χ0n) is 17.6. The van der Waals surface area contributed by atoms with Gasteiger partial charge in [0.15, 0.2) is 0 Å². The Morgan fingerprint density at radius 2 is 1.29 bits per heavy atom. The number of benzene rings is 2. The molecule has 0 radical (unpaired) electrons. The highest BCUT2D eigenvalue weighted by atomic mass is 35.5. The van der Waals surface area contributed by atoms with Crippen molar-refractivity contribution in [3.05, 3.63) is 67.6 Å². The van der Waals surface area contributed by atoms with E-state index in [0.29, 0.717) is 44.1 Å². The predicted molar refractivity (Wildman–Crippen MR) is 129 cm³/mol. The minimum absolute atomic E-state index is 0.0721. The summed E-state index contributed by atoms with van der Waals surface area (Å²) in [5.41, 5.74) is 13.0. The van der Waals surface area contributed by atoms with Gasteiger partial charge in [-0.2, -0.15) is 0 Å². The van der Waals surface area contributed by atoms with Gasteiger partial charge in [0.2, 0.25) is 5.91 Å². The van der Waals surface area contributed by atoms with E-state index in [0.717, 1.165) is 19.3 Å². The van der Waals surface area contributed by atoms with Crippen LogP contribution in [-0.2, 0) is 16.1 Å². The summed E-state index contributed by atoms with van der Waals surface area (Å²) in [6.07, 6.45) is 3.49. The molecular formula is C23H27Cl4N3O. The lowest BCUT2D eigenvalue weighted by Gasteiger charge is -2.53. The van der Waals surface area contributed by atoms with Gasteiger partial charge in [-0.3, -0.25) is 9.69 Å². The Hall–Kier alpha value is -1.01. The van der Waals surface area contributed by atoms with Crippen LogP contribution < -0.4 is 11.5 Å². The summed E-state index contributed by atoms with van der Waals surface area (Å²) >= 11 is 24.9. The van der Waals surface area contributed by atoms with Gasteiger partial charge in [0.25, 0.3) is 0 Å². The molecule has 0 saturated heterocycles. The third-order valence-corrected chi connectivity index (χ3v) is 7.87. The summed E-state index contributed by atoms with van der Waals surface area (Å²) in [4.78, 5) is 15.5. The Kier molecular flexibility index (Phi) is 7.52. The fourth-order valence-electron chi connectivity index (χ4n) is 4.10. The van der Waals surface area contributed by atoms with Gasteiger partial charge in [0.05, 0.1) is 20.1 Å². The molecule has 2 unspecified atom stereocenters. The first kappa shape index (κ1) is 24.6. The zero-order valence-corrected chi connectivity index (χ0v) is 20.6. The molecule has 31 heavy (non-hydrogen) atoms. The molecule has 0 spiro atoms.